The van der Waals surface area contributed by atoms with Crippen molar-refractivity contribution in [2.24, 2.45) is 0 Å². The highest BCUT2D eigenvalue weighted by atomic mass is 35.5. The SMILES string of the molecule is Cl.O=C(CC1COCCN1)Nc1nc2ccsc2s1. The number of amides is 1. The van der Waals surface area contributed by atoms with Gasteiger partial charge in [-0.25, -0.2) is 4.98 Å². The van der Waals surface area contributed by atoms with E-state index in [9.17, 15) is 4.79 Å². The molecule has 0 radical (unpaired) electrons. The minimum absolute atomic E-state index is 0. The van der Waals surface area contributed by atoms with Crippen molar-refractivity contribution in [3.8, 4) is 0 Å². The number of thiazole rings is 1. The number of nitrogens with zero attached hydrogens (tertiary/aromatic N) is 1. The first kappa shape index (κ1) is 14.7. The number of carbonyl (C=O) groups excluding carboxylic acids is 1. The Labute approximate surface area is 124 Å². The molecule has 2 aromatic heterocycles. The summed E-state index contributed by atoms with van der Waals surface area (Å²) in [5.74, 6) is -0.0144. The van der Waals surface area contributed by atoms with Crippen LogP contribution in [-0.2, 0) is 9.53 Å². The van der Waals surface area contributed by atoms with Crippen LogP contribution in [0.2, 0.25) is 0 Å². The fraction of sp³-hybridized carbons (Fsp3) is 0.455. The molecule has 1 saturated heterocycles. The fourth-order valence-electron chi connectivity index (χ4n) is 1.87. The first-order chi connectivity index (χ1) is 8.81. The van der Waals surface area contributed by atoms with Crippen LogP contribution in [0.15, 0.2) is 11.4 Å². The number of thiophene rings is 1. The van der Waals surface area contributed by atoms with Crippen molar-refractivity contribution in [1.82, 2.24) is 10.3 Å². The molecule has 5 nitrogen and oxygen atoms in total. The lowest BCUT2D eigenvalue weighted by atomic mass is 10.2. The number of fused-ring (bicyclic) bond motifs is 1. The Morgan fingerprint density at radius 2 is 2.53 bits per heavy atom. The lowest BCUT2D eigenvalue weighted by molar-refractivity contribution is -0.117. The Morgan fingerprint density at radius 1 is 1.63 bits per heavy atom. The predicted molar refractivity (Wildman–Crippen MR) is 80.6 cm³/mol. The van der Waals surface area contributed by atoms with Crippen LogP contribution in [0.3, 0.4) is 0 Å². The van der Waals surface area contributed by atoms with Crippen molar-refractivity contribution in [2.45, 2.75) is 12.5 Å². The molecule has 0 aromatic carbocycles. The van der Waals surface area contributed by atoms with Crippen molar-refractivity contribution in [3.05, 3.63) is 11.4 Å². The molecule has 3 heterocycles. The Bertz CT molecular complexity index is 522. The van der Waals surface area contributed by atoms with Gasteiger partial charge in [-0.1, -0.05) is 11.3 Å². The minimum Gasteiger partial charge on any atom is -0.378 e. The van der Waals surface area contributed by atoms with E-state index >= 15 is 0 Å². The van der Waals surface area contributed by atoms with Crippen LogP contribution in [-0.4, -0.2) is 36.7 Å². The maximum absolute atomic E-state index is 11.8. The summed E-state index contributed by atoms with van der Waals surface area (Å²) in [7, 11) is 0. The average Bonchev–Trinajstić information content (AvgIpc) is 2.90. The number of morpholine rings is 1. The molecule has 1 atom stereocenters. The highest BCUT2D eigenvalue weighted by Gasteiger charge is 2.17. The van der Waals surface area contributed by atoms with Gasteiger partial charge in [0, 0.05) is 19.0 Å². The Morgan fingerprint density at radius 3 is 3.26 bits per heavy atom. The minimum atomic E-state index is -0.0144. The van der Waals surface area contributed by atoms with Crippen LogP contribution in [0.4, 0.5) is 5.13 Å². The van der Waals surface area contributed by atoms with Crippen LogP contribution >= 0.6 is 35.1 Å². The van der Waals surface area contributed by atoms with E-state index in [1.807, 2.05) is 11.4 Å². The van der Waals surface area contributed by atoms with Gasteiger partial charge in [0.25, 0.3) is 0 Å². The van der Waals surface area contributed by atoms with Crippen molar-refractivity contribution < 1.29 is 9.53 Å². The second-order valence-electron chi connectivity index (χ2n) is 4.09. The number of aromatic nitrogens is 1. The maximum atomic E-state index is 11.8. The Balaban J connectivity index is 0.00000133. The van der Waals surface area contributed by atoms with Crippen molar-refractivity contribution in [3.63, 3.8) is 0 Å². The summed E-state index contributed by atoms with van der Waals surface area (Å²) in [6, 6.07) is 2.07. The standard InChI is InChI=1S/C11H13N3O2S2.ClH/c15-9(5-7-6-16-3-2-12-7)14-11-13-8-1-4-17-10(8)18-11;/h1,4,7,12H,2-3,5-6H2,(H,13,14,15);1H. The topological polar surface area (TPSA) is 63.2 Å². The molecule has 3 rings (SSSR count). The number of carbonyl (C=O) groups is 1. The van der Waals surface area contributed by atoms with Gasteiger partial charge in [-0.3, -0.25) is 4.79 Å². The molecular formula is C11H14ClN3O2S2. The van der Waals surface area contributed by atoms with Gasteiger partial charge in [0.15, 0.2) is 5.13 Å². The molecule has 2 aromatic rings. The van der Waals surface area contributed by atoms with Gasteiger partial charge >= 0.3 is 0 Å². The first-order valence-electron chi connectivity index (χ1n) is 5.76. The van der Waals surface area contributed by atoms with E-state index in [-0.39, 0.29) is 24.4 Å². The monoisotopic (exact) mass is 319 g/mol. The third-order valence-corrected chi connectivity index (χ3v) is 4.71. The van der Waals surface area contributed by atoms with Gasteiger partial charge in [0.05, 0.1) is 18.7 Å². The molecule has 8 heteroatoms. The summed E-state index contributed by atoms with van der Waals surface area (Å²) >= 11 is 3.16. The second kappa shape index (κ2) is 6.62. The van der Waals surface area contributed by atoms with E-state index in [0.29, 0.717) is 18.2 Å². The predicted octanol–water partition coefficient (Wildman–Crippen LogP) is 2.10. The molecule has 0 aliphatic carbocycles. The van der Waals surface area contributed by atoms with E-state index in [0.717, 1.165) is 22.7 Å². The van der Waals surface area contributed by atoms with E-state index in [2.05, 4.69) is 15.6 Å². The summed E-state index contributed by atoms with van der Waals surface area (Å²) in [4.78, 5) is 16.2. The molecule has 104 valence electrons. The van der Waals surface area contributed by atoms with Crippen LogP contribution in [0.25, 0.3) is 9.53 Å². The largest absolute Gasteiger partial charge is 0.378 e. The van der Waals surface area contributed by atoms with Crippen LogP contribution in [0, 0.1) is 0 Å². The summed E-state index contributed by atoms with van der Waals surface area (Å²) in [5.41, 5.74) is 0.958. The zero-order chi connectivity index (χ0) is 12.4. The lowest BCUT2D eigenvalue weighted by Gasteiger charge is -2.22. The summed E-state index contributed by atoms with van der Waals surface area (Å²) in [6.07, 6.45) is 0.424. The summed E-state index contributed by atoms with van der Waals surface area (Å²) < 4.78 is 6.46. The molecule has 0 spiro atoms. The zero-order valence-electron chi connectivity index (χ0n) is 10.0. The normalized spacial score (nSPS) is 19.1. The number of hydrogen-bond acceptors (Lipinski definition) is 6. The Hall–Kier alpha value is -0.730. The molecule has 0 saturated carbocycles. The van der Waals surface area contributed by atoms with E-state index in [1.54, 1.807) is 11.3 Å². The maximum Gasteiger partial charge on any atom is 0.227 e. The molecule has 2 N–H and O–H groups in total. The number of rotatable bonds is 3. The summed E-state index contributed by atoms with van der Waals surface area (Å²) in [6.45, 7) is 2.13. The second-order valence-corrected chi connectivity index (χ2v) is 6.26. The third kappa shape index (κ3) is 3.64. The van der Waals surface area contributed by atoms with Gasteiger partial charge in [-0.15, -0.1) is 23.7 Å². The van der Waals surface area contributed by atoms with Gasteiger partial charge in [0.2, 0.25) is 5.91 Å². The number of nitrogens with one attached hydrogen (secondary N) is 2. The van der Waals surface area contributed by atoms with Crippen molar-refractivity contribution >= 4 is 55.6 Å². The third-order valence-electron chi connectivity index (χ3n) is 2.70. The van der Waals surface area contributed by atoms with Gasteiger partial charge in [-0.05, 0) is 11.4 Å². The quantitative estimate of drug-likeness (QED) is 0.909. The number of halogens is 1. The smallest absolute Gasteiger partial charge is 0.227 e. The molecule has 1 amide bonds. The van der Waals surface area contributed by atoms with Crippen molar-refractivity contribution in [1.29, 1.82) is 0 Å². The molecule has 1 fully saturated rings. The fourth-order valence-corrected chi connectivity index (χ4v) is 3.72. The van der Waals surface area contributed by atoms with Crippen LogP contribution < -0.4 is 10.6 Å². The highest BCUT2D eigenvalue weighted by Crippen LogP contribution is 2.30. The number of ether oxygens (including phenoxy) is 1. The Kier molecular flexibility index (Phi) is 5.12. The van der Waals surface area contributed by atoms with Crippen LogP contribution in [0.5, 0.6) is 0 Å². The van der Waals surface area contributed by atoms with Crippen molar-refractivity contribution in [2.75, 3.05) is 25.1 Å². The molecule has 1 aliphatic rings. The first-order valence-corrected chi connectivity index (χ1v) is 7.46. The molecule has 1 unspecified atom stereocenters. The van der Waals surface area contributed by atoms with Gasteiger partial charge < -0.3 is 15.4 Å². The zero-order valence-corrected chi connectivity index (χ0v) is 12.5. The van der Waals surface area contributed by atoms with E-state index in [4.69, 9.17) is 4.74 Å². The molecule has 0 bridgehead atoms. The van der Waals surface area contributed by atoms with E-state index < -0.39 is 0 Å². The highest BCUT2D eigenvalue weighted by molar-refractivity contribution is 7.39. The molecule has 19 heavy (non-hydrogen) atoms. The lowest BCUT2D eigenvalue weighted by Crippen LogP contribution is -2.43. The number of hydrogen-bond donors (Lipinski definition) is 2. The van der Waals surface area contributed by atoms with E-state index in [1.165, 1.54) is 11.3 Å². The van der Waals surface area contributed by atoms with Gasteiger partial charge in [0.1, 0.15) is 4.01 Å². The van der Waals surface area contributed by atoms with Crippen LogP contribution in [0.1, 0.15) is 6.42 Å². The number of anilines is 1. The summed E-state index contributed by atoms with van der Waals surface area (Å²) in [5, 5.41) is 8.78. The molecular weight excluding hydrogens is 306 g/mol. The molecule has 1 aliphatic heterocycles. The van der Waals surface area contributed by atoms with Gasteiger partial charge in [-0.2, -0.15) is 0 Å². The average molecular weight is 320 g/mol.